The van der Waals surface area contributed by atoms with Crippen LogP contribution in [0, 0.1) is 5.92 Å². The highest BCUT2D eigenvalue weighted by atomic mass is 16.7. The minimum atomic E-state index is -0.104. The van der Waals surface area contributed by atoms with Gasteiger partial charge in [-0.15, -0.1) is 0 Å². The van der Waals surface area contributed by atoms with Crippen LogP contribution in [0.5, 0.6) is 11.5 Å². The van der Waals surface area contributed by atoms with Crippen molar-refractivity contribution in [2.45, 2.75) is 12.8 Å². The first-order chi connectivity index (χ1) is 13.7. The van der Waals surface area contributed by atoms with Gasteiger partial charge in [0.1, 0.15) is 0 Å². The number of hydrogen-bond acceptors (Lipinski definition) is 4. The number of hydrogen-bond donors (Lipinski definition) is 1. The van der Waals surface area contributed by atoms with Crippen LogP contribution in [0.4, 0.5) is 5.69 Å². The van der Waals surface area contributed by atoms with E-state index in [4.69, 9.17) is 9.47 Å². The fourth-order valence-electron chi connectivity index (χ4n) is 3.42. The Morgan fingerprint density at radius 3 is 2.54 bits per heavy atom. The van der Waals surface area contributed by atoms with Crippen molar-refractivity contribution >= 4 is 23.6 Å². The van der Waals surface area contributed by atoms with Gasteiger partial charge in [0.15, 0.2) is 11.5 Å². The molecule has 6 heteroatoms. The number of likely N-dealkylation sites (tertiary alicyclic amines) is 1. The largest absolute Gasteiger partial charge is 0.454 e. The van der Waals surface area contributed by atoms with Crippen molar-refractivity contribution in [3.8, 4) is 11.5 Å². The summed E-state index contributed by atoms with van der Waals surface area (Å²) in [4.78, 5) is 26.7. The fourth-order valence-corrected chi connectivity index (χ4v) is 3.42. The molecule has 0 atom stereocenters. The lowest BCUT2D eigenvalue weighted by atomic mass is 9.95. The number of carbonyl (C=O) groups excluding carboxylic acids is 2. The number of benzene rings is 2. The van der Waals surface area contributed by atoms with E-state index in [0.29, 0.717) is 43.1 Å². The number of piperidine rings is 1. The van der Waals surface area contributed by atoms with Crippen LogP contribution in [0.25, 0.3) is 6.08 Å². The van der Waals surface area contributed by atoms with Crippen molar-refractivity contribution in [3.05, 3.63) is 60.2 Å². The molecule has 2 aliphatic heterocycles. The van der Waals surface area contributed by atoms with Gasteiger partial charge < -0.3 is 19.7 Å². The van der Waals surface area contributed by atoms with Crippen molar-refractivity contribution in [1.29, 1.82) is 0 Å². The maximum absolute atomic E-state index is 12.6. The van der Waals surface area contributed by atoms with Gasteiger partial charge >= 0.3 is 0 Å². The van der Waals surface area contributed by atoms with E-state index in [2.05, 4.69) is 5.32 Å². The number of amides is 2. The predicted octanol–water partition coefficient (Wildman–Crippen LogP) is 3.31. The van der Waals surface area contributed by atoms with Crippen LogP contribution in [0.3, 0.4) is 0 Å². The third-order valence-corrected chi connectivity index (χ3v) is 5.04. The van der Waals surface area contributed by atoms with Gasteiger partial charge in [-0.05, 0) is 36.6 Å². The van der Waals surface area contributed by atoms with Crippen LogP contribution < -0.4 is 14.8 Å². The Labute approximate surface area is 163 Å². The standard InChI is InChI=1S/C22H22N2O4/c25-21(9-6-16-4-2-1-3-5-16)24-12-10-17(11-13-24)22(26)23-18-7-8-19-20(14-18)28-15-27-19/h1-9,14,17H,10-13,15H2,(H,23,26)/b9-6+. The van der Waals surface area contributed by atoms with E-state index in [1.54, 1.807) is 29.2 Å². The Bertz CT molecular complexity index is 887. The maximum atomic E-state index is 12.6. The topological polar surface area (TPSA) is 67.9 Å². The third kappa shape index (κ3) is 4.17. The van der Waals surface area contributed by atoms with Crippen molar-refractivity contribution < 1.29 is 19.1 Å². The summed E-state index contributed by atoms with van der Waals surface area (Å²) in [6, 6.07) is 15.1. The summed E-state index contributed by atoms with van der Waals surface area (Å²) in [7, 11) is 0. The van der Waals surface area contributed by atoms with Gasteiger partial charge in [0.2, 0.25) is 18.6 Å². The Kier molecular flexibility index (Phi) is 5.28. The Morgan fingerprint density at radius 1 is 1.00 bits per heavy atom. The molecular formula is C22H22N2O4. The van der Waals surface area contributed by atoms with Gasteiger partial charge in [0.05, 0.1) is 0 Å². The summed E-state index contributed by atoms with van der Waals surface area (Å²) < 4.78 is 10.6. The second kappa shape index (κ2) is 8.17. The molecule has 0 aromatic heterocycles. The molecule has 2 aromatic carbocycles. The van der Waals surface area contributed by atoms with Gasteiger partial charge in [0.25, 0.3) is 0 Å². The Hall–Kier alpha value is -3.28. The molecule has 0 aliphatic carbocycles. The lowest BCUT2D eigenvalue weighted by molar-refractivity contribution is -0.130. The molecule has 2 amide bonds. The lowest BCUT2D eigenvalue weighted by Crippen LogP contribution is -2.40. The van der Waals surface area contributed by atoms with Crippen LogP contribution in [0.15, 0.2) is 54.6 Å². The monoisotopic (exact) mass is 378 g/mol. The average Bonchev–Trinajstić information content (AvgIpc) is 3.21. The molecule has 0 saturated carbocycles. The zero-order valence-electron chi connectivity index (χ0n) is 15.5. The number of nitrogens with one attached hydrogen (secondary N) is 1. The number of rotatable bonds is 4. The molecule has 1 N–H and O–H groups in total. The van der Waals surface area contributed by atoms with E-state index in [1.165, 1.54) is 0 Å². The summed E-state index contributed by atoms with van der Waals surface area (Å²) in [5, 5.41) is 2.94. The SMILES string of the molecule is O=C(Nc1ccc2c(c1)OCO2)C1CCN(C(=O)/C=C/c2ccccc2)CC1. The molecule has 0 bridgehead atoms. The molecule has 1 saturated heterocycles. The molecule has 0 unspecified atom stereocenters. The first kappa shape index (κ1) is 18.1. The van der Waals surface area contributed by atoms with E-state index in [0.717, 1.165) is 5.56 Å². The molecule has 2 aliphatic rings. The van der Waals surface area contributed by atoms with E-state index < -0.39 is 0 Å². The van der Waals surface area contributed by atoms with Crippen molar-refractivity contribution in [1.82, 2.24) is 4.90 Å². The molecule has 144 valence electrons. The minimum absolute atomic E-state index is 0.0153. The number of nitrogens with zero attached hydrogens (tertiary/aromatic N) is 1. The molecule has 2 heterocycles. The Morgan fingerprint density at radius 2 is 1.75 bits per heavy atom. The quantitative estimate of drug-likeness (QED) is 0.829. The van der Waals surface area contributed by atoms with Crippen LogP contribution >= 0.6 is 0 Å². The number of carbonyl (C=O) groups is 2. The zero-order valence-corrected chi connectivity index (χ0v) is 15.5. The van der Waals surface area contributed by atoms with E-state index >= 15 is 0 Å². The Balaban J connectivity index is 1.28. The van der Waals surface area contributed by atoms with Crippen LogP contribution in [-0.4, -0.2) is 36.6 Å². The molecule has 4 rings (SSSR count). The van der Waals surface area contributed by atoms with Crippen LogP contribution in [0.2, 0.25) is 0 Å². The average molecular weight is 378 g/mol. The van der Waals surface area contributed by atoms with Crippen LogP contribution in [-0.2, 0) is 9.59 Å². The third-order valence-electron chi connectivity index (χ3n) is 5.04. The molecule has 0 spiro atoms. The number of ether oxygens (including phenoxy) is 2. The molecule has 2 aromatic rings. The summed E-state index contributed by atoms with van der Waals surface area (Å²) in [5.74, 6) is 1.19. The first-order valence-electron chi connectivity index (χ1n) is 9.41. The van der Waals surface area contributed by atoms with Gasteiger partial charge in [-0.3, -0.25) is 9.59 Å². The fraction of sp³-hybridized carbons (Fsp3) is 0.273. The molecule has 28 heavy (non-hydrogen) atoms. The highest BCUT2D eigenvalue weighted by Gasteiger charge is 2.27. The van der Waals surface area contributed by atoms with Gasteiger partial charge in [0, 0.05) is 36.8 Å². The lowest BCUT2D eigenvalue weighted by Gasteiger charge is -2.30. The summed E-state index contributed by atoms with van der Waals surface area (Å²) >= 11 is 0. The highest BCUT2D eigenvalue weighted by molar-refractivity contribution is 5.94. The minimum Gasteiger partial charge on any atom is -0.454 e. The van der Waals surface area contributed by atoms with E-state index in [1.807, 2.05) is 36.4 Å². The van der Waals surface area contributed by atoms with Gasteiger partial charge in [-0.2, -0.15) is 0 Å². The summed E-state index contributed by atoms with van der Waals surface area (Å²) in [6.45, 7) is 1.37. The second-order valence-corrected chi connectivity index (χ2v) is 6.90. The van der Waals surface area contributed by atoms with Crippen molar-refractivity contribution in [2.75, 3.05) is 25.2 Å². The van der Waals surface area contributed by atoms with Crippen molar-refractivity contribution in [3.63, 3.8) is 0 Å². The second-order valence-electron chi connectivity index (χ2n) is 6.90. The van der Waals surface area contributed by atoms with Gasteiger partial charge in [-0.25, -0.2) is 0 Å². The van der Waals surface area contributed by atoms with Gasteiger partial charge in [-0.1, -0.05) is 30.3 Å². The maximum Gasteiger partial charge on any atom is 0.246 e. The molecule has 6 nitrogen and oxygen atoms in total. The summed E-state index contributed by atoms with van der Waals surface area (Å²) in [5.41, 5.74) is 1.69. The summed E-state index contributed by atoms with van der Waals surface area (Å²) in [6.07, 6.45) is 4.73. The predicted molar refractivity (Wildman–Crippen MR) is 106 cm³/mol. The molecule has 0 radical (unpaired) electrons. The molecule has 1 fully saturated rings. The molecular weight excluding hydrogens is 356 g/mol. The number of fused-ring (bicyclic) bond motifs is 1. The van der Waals surface area contributed by atoms with E-state index in [9.17, 15) is 9.59 Å². The zero-order chi connectivity index (χ0) is 19.3. The first-order valence-corrected chi connectivity index (χ1v) is 9.41. The van der Waals surface area contributed by atoms with Crippen molar-refractivity contribution in [2.24, 2.45) is 5.92 Å². The normalized spacial score (nSPS) is 16.4. The van der Waals surface area contributed by atoms with Crippen LogP contribution in [0.1, 0.15) is 18.4 Å². The number of anilines is 1. The highest BCUT2D eigenvalue weighted by Crippen LogP contribution is 2.34. The smallest absolute Gasteiger partial charge is 0.246 e. The van der Waals surface area contributed by atoms with E-state index in [-0.39, 0.29) is 24.5 Å².